The van der Waals surface area contributed by atoms with Crippen molar-refractivity contribution in [2.45, 2.75) is 33.0 Å². The van der Waals surface area contributed by atoms with Crippen LogP contribution in [0, 0.1) is 5.82 Å². The molecule has 1 unspecified atom stereocenters. The van der Waals surface area contributed by atoms with E-state index < -0.39 is 0 Å². The van der Waals surface area contributed by atoms with Crippen molar-refractivity contribution in [3.05, 3.63) is 65.5 Å². The van der Waals surface area contributed by atoms with E-state index in [1.54, 1.807) is 18.2 Å². The lowest BCUT2D eigenvalue weighted by molar-refractivity contribution is 0.0341. The summed E-state index contributed by atoms with van der Waals surface area (Å²) in [6.45, 7) is 10.2. The number of hydrogen-bond acceptors (Lipinski definition) is 4. The van der Waals surface area contributed by atoms with Crippen LogP contribution in [0.2, 0.25) is 0 Å². The van der Waals surface area contributed by atoms with E-state index in [1.165, 1.54) is 17.2 Å². The van der Waals surface area contributed by atoms with Crippen LogP contribution in [-0.4, -0.2) is 56.4 Å². The van der Waals surface area contributed by atoms with Crippen LogP contribution < -0.4 is 15.4 Å². The predicted octanol–water partition coefficient (Wildman–Crippen LogP) is 3.80. The summed E-state index contributed by atoms with van der Waals surface area (Å²) in [5.41, 5.74) is 2.50. The molecule has 0 saturated carbocycles. The first kappa shape index (κ1) is 26.3. The van der Waals surface area contributed by atoms with Crippen molar-refractivity contribution in [3.8, 4) is 5.75 Å². The van der Waals surface area contributed by atoms with Crippen molar-refractivity contribution in [1.82, 2.24) is 15.5 Å². The molecule has 0 aromatic heterocycles. The Hall–Kier alpha value is -1.91. The summed E-state index contributed by atoms with van der Waals surface area (Å²) >= 11 is 0. The first-order valence-corrected chi connectivity index (χ1v) is 11.0. The van der Waals surface area contributed by atoms with Crippen LogP contribution in [0.4, 0.5) is 4.39 Å². The van der Waals surface area contributed by atoms with Gasteiger partial charge in [-0.25, -0.2) is 9.38 Å². The molecule has 0 radical (unpaired) electrons. The smallest absolute Gasteiger partial charge is 0.191 e. The van der Waals surface area contributed by atoms with Gasteiger partial charge in [0.25, 0.3) is 0 Å². The van der Waals surface area contributed by atoms with Crippen molar-refractivity contribution in [3.63, 3.8) is 0 Å². The summed E-state index contributed by atoms with van der Waals surface area (Å²) in [6.07, 6.45) is -0.214. The number of morpholine rings is 1. The molecule has 176 valence electrons. The number of aliphatic imine (C=N–C) groups is 1. The number of rotatable bonds is 9. The fraction of sp³-hybridized carbons (Fsp3) is 0.458. The summed E-state index contributed by atoms with van der Waals surface area (Å²) in [4.78, 5) is 7.17. The second kappa shape index (κ2) is 14.3. The fourth-order valence-corrected chi connectivity index (χ4v) is 3.41. The van der Waals surface area contributed by atoms with E-state index in [0.29, 0.717) is 19.0 Å². The third kappa shape index (κ3) is 8.55. The van der Waals surface area contributed by atoms with Gasteiger partial charge in [-0.05, 0) is 37.1 Å². The Morgan fingerprint density at radius 3 is 2.50 bits per heavy atom. The maximum atomic E-state index is 13.8. The van der Waals surface area contributed by atoms with Crippen molar-refractivity contribution in [1.29, 1.82) is 0 Å². The van der Waals surface area contributed by atoms with Gasteiger partial charge in [-0.3, -0.25) is 4.90 Å². The van der Waals surface area contributed by atoms with E-state index >= 15 is 0 Å². The van der Waals surface area contributed by atoms with Gasteiger partial charge in [-0.1, -0.05) is 36.4 Å². The molecule has 0 bridgehead atoms. The predicted molar refractivity (Wildman–Crippen MR) is 137 cm³/mol. The molecular weight excluding hydrogens is 522 g/mol. The minimum Gasteiger partial charge on any atom is -0.486 e. The highest BCUT2D eigenvalue weighted by molar-refractivity contribution is 14.0. The third-order valence-electron chi connectivity index (χ3n) is 5.09. The molecule has 2 aromatic carbocycles. The lowest BCUT2D eigenvalue weighted by Gasteiger charge is -2.27. The zero-order chi connectivity index (χ0) is 21.9. The summed E-state index contributed by atoms with van der Waals surface area (Å²) in [7, 11) is 0. The summed E-state index contributed by atoms with van der Waals surface area (Å²) < 4.78 is 24.9. The molecule has 1 atom stereocenters. The maximum absolute atomic E-state index is 13.8. The summed E-state index contributed by atoms with van der Waals surface area (Å²) in [5.74, 6) is 0.621. The van der Waals surface area contributed by atoms with Crippen LogP contribution in [-0.2, 0) is 17.8 Å². The molecule has 2 N–H and O–H groups in total. The Balaban J connectivity index is 0.00000363. The van der Waals surface area contributed by atoms with Gasteiger partial charge in [0.15, 0.2) is 17.5 Å². The Bertz CT molecular complexity index is 846. The van der Waals surface area contributed by atoms with Crippen LogP contribution in [0.15, 0.2) is 53.5 Å². The van der Waals surface area contributed by atoms with Crippen molar-refractivity contribution < 1.29 is 13.9 Å². The number of guanidine groups is 1. The molecule has 1 aliphatic rings. The second-order valence-electron chi connectivity index (χ2n) is 7.59. The van der Waals surface area contributed by atoms with Gasteiger partial charge < -0.3 is 20.1 Å². The largest absolute Gasteiger partial charge is 0.486 e. The lowest BCUT2D eigenvalue weighted by atomic mass is 10.1. The molecule has 6 nitrogen and oxygen atoms in total. The number of hydrogen-bond donors (Lipinski definition) is 2. The Morgan fingerprint density at radius 2 is 1.78 bits per heavy atom. The summed E-state index contributed by atoms with van der Waals surface area (Å²) in [5, 5.41) is 6.56. The highest BCUT2D eigenvalue weighted by Crippen LogP contribution is 2.17. The highest BCUT2D eigenvalue weighted by Gasteiger charge is 2.13. The molecule has 0 spiro atoms. The fourth-order valence-electron chi connectivity index (χ4n) is 3.41. The minimum atomic E-state index is -0.355. The van der Waals surface area contributed by atoms with Crippen molar-refractivity contribution in [2.24, 2.45) is 4.99 Å². The average molecular weight is 556 g/mol. The van der Waals surface area contributed by atoms with Crippen LogP contribution in [0.1, 0.15) is 25.0 Å². The van der Waals surface area contributed by atoms with E-state index in [-0.39, 0.29) is 41.6 Å². The maximum Gasteiger partial charge on any atom is 0.191 e. The zero-order valence-corrected chi connectivity index (χ0v) is 21.2. The van der Waals surface area contributed by atoms with E-state index in [1.807, 2.05) is 13.8 Å². The first-order valence-electron chi connectivity index (χ1n) is 11.0. The molecule has 3 rings (SSSR count). The SMILES string of the molecule is CCNC(=NCc1ccccc1CN1CCOCC1)NCC(C)Oc1ccccc1F.I. The number of para-hydroxylation sites is 1. The van der Waals surface area contributed by atoms with Gasteiger partial charge in [0.05, 0.1) is 26.3 Å². The van der Waals surface area contributed by atoms with E-state index in [0.717, 1.165) is 39.4 Å². The van der Waals surface area contributed by atoms with Crippen molar-refractivity contribution in [2.75, 3.05) is 39.4 Å². The molecule has 32 heavy (non-hydrogen) atoms. The van der Waals surface area contributed by atoms with Crippen molar-refractivity contribution >= 4 is 29.9 Å². The lowest BCUT2D eigenvalue weighted by Crippen LogP contribution is -2.41. The topological polar surface area (TPSA) is 58.1 Å². The molecule has 0 amide bonds. The van der Waals surface area contributed by atoms with E-state index in [2.05, 4.69) is 39.8 Å². The number of benzene rings is 2. The Labute approximate surface area is 207 Å². The van der Waals surface area contributed by atoms with Crippen LogP contribution in [0.3, 0.4) is 0 Å². The van der Waals surface area contributed by atoms with Gasteiger partial charge in [0, 0.05) is 26.2 Å². The van der Waals surface area contributed by atoms with E-state index in [9.17, 15) is 4.39 Å². The number of ether oxygens (including phenoxy) is 2. The standard InChI is InChI=1S/C24H33FN4O2.HI/c1-3-26-24(27-16-19(2)31-23-11-7-6-10-22(23)25)28-17-20-8-4-5-9-21(20)18-29-12-14-30-15-13-29;/h4-11,19H,3,12-18H2,1-2H3,(H2,26,27,28);1H. The van der Waals surface area contributed by atoms with Crippen LogP contribution in [0.5, 0.6) is 5.75 Å². The molecule has 1 saturated heterocycles. The highest BCUT2D eigenvalue weighted by atomic mass is 127. The third-order valence-corrected chi connectivity index (χ3v) is 5.09. The number of halogens is 2. The molecule has 1 aliphatic heterocycles. The van der Waals surface area contributed by atoms with Gasteiger partial charge in [-0.15, -0.1) is 24.0 Å². The normalized spacial score (nSPS) is 15.5. The van der Waals surface area contributed by atoms with Gasteiger partial charge >= 0.3 is 0 Å². The average Bonchev–Trinajstić information content (AvgIpc) is 2.79. The molecule has 2 aromatic rings. The van der Waals surface area contributed by atoms with Gasteiger partial charge in [0.1, 0.15) is 6.10 Å². The summed E-state index contributed by atoms with van der Waals surface area (Å²) in [6, 6.07) is 14.9. The first-order chi connectivity index (χ1) is 15.2. The molecular formula is C24H34FIN4O2. The molecule has 1 heterocycles. The second-order valence-corrected chi connectivity index (χ2v) is 7.59. The van der Waals surface area contributed by atoms with Crippen LogP contribution in [0.25, 0.3) is 0 Å². The number of nitrogens with one attached hydrogen (secondary N) is 2. The molecule has 8 heteroatoms. The quantitative estimate of drug-likeness (QED) is 0.280. The molecule has 1 fully saturated rings. The number of nitrogens with zero attached hydrogens (tertiary/aromatic N) is 2. The Morgan fingerprint density at radius 1 is 1.09 bits per heavy atom. The monoisotopic (exact) mass is 556 g/mol. The molecule has 0 aliphatic carbocycles. The van der Waals surface area contributed by atoms with E-state index in [4.69, 9.17) is 14.5 Å². The van der Waals surface area contributed by atoms with Gasteiger partial charge in [0.2, 0.25) is 0 Å². The zero-order valence-electron chi connectivity index (χ0n) is 18.9. The minimum absolute atomic E-state index is 0. The van der Waals surface area contributed by atoms with Gasteiger partial charge in [-0.2, -0.15) is 0 Å². The van der Waals surface area contributed by atoms with Crippen LogP contribution >= 0.6 is 24.0 Å². The Kier molecular flexibility index (Phi) is 11.8.